The second-order valence-corrected chi connectivity index (χ2v) is 3.81. The van der Waals surface area contributed by atoms with Crippen LogP contribution < -0.4 is 11.1 Å². The fraction of sp³-hybridized carbons (Fsp3) is 1.00. The topological polar surface area (TPSA) is 47.3 Å². The van der Waals surface area contributed by atoms with Crippen LogP contribution in [0.2, 0.25) is 0 Å². The molecule has 0 aliphatic heterocycles. The first-order valence-electron chi connectivity index (χ1n) is 5.15. The van der Waals surface area contributed by atoms with Crippen LogP contribution in [0.15, 0.2) is 0 Å². The van der Waals surface area contributed by atoms with E-state index in [0.29, 0.717) is 24.5 Å². The zero-order valence-corrected chi connectivity index (χ0v) is 9.34. The fourth-order valence-electron chi connectivity index (χ4n) is 1.11. The molecule has 0 aliphatic rings. The monoisotopic (exact) mass is 188 g/mol. The molecule has 3 heteroatoms. The van der Waals surface area contributed by atoms with Crippen molar-refractivity contribution in [2.24, 2.45) is 11.7 Å². The van der Waals surface area contributed by atoms with E-state index < -0.39 is 0 Å². The van der Waals surface area contributed by atoms with Crippen molar-refractivity contribution in [2.75, 3.05) is 19.8 Å². The summed E-state index contributed by atoms with van der Waals surface area (Å²) in [6.07, 6.45) is 0. The van der Waals surface area contributed by atoms with Crippen LogP contribution in [-0.4, -0.2) is 31.8 Å². The maximum Gasteiger partial charge on any atom is 0.0622 e. The van der Waals surface area contributed by atoms with Gasteiger partial charge in [-0.2, -0.15) is 0 Å². The Morgan fingerprint density at radius 3 is 2.31 bits per heavy atom. The zero-order chi connectivity index (χ0) is 10.3. The first-order chi connectivity index (χ1) is 6.11. The molecule has 0 saturated heterocycles. The number of hydrogen-bond donors (Lipinski definition) is 2. The van der Waals surface area contributed by atoms with E-state index in [1.54, 1.807) is 0 Å². The van der Waals surface area contributed by atoms with Gasteiger partial charge in [0.2, 0.25) is 0 Å². The van der Waals surface area contributed by atoms with Gasteiger partial charge in [0, 0.05) is 25.2 Å². The molecule has 3 nitrogen and oxygen atoms in total. The Morgan fingerprint density at radius 1 is 1.31 bits per heavy atom. The van der Waals surface area contributed by atoms with Crippen LogP contribution in [0.4, 0.5) is 0 Å². The first kappa shape index (κ1) is 12.9. The summed E-state index contributed by atoms with van der Waals surface area (Å²) in [6, 6.07) is 0.784. The van der Waals surface area contributed by atoms with E-state index in [4.69, 9.17) is 10.5 Å². The van der Waals surface area contributed by atoms with Gasteiger partial charge in [-0.3, -0.25) is 0 Å². The zero-order valence-electron chi connectivity index (χ0n) is 9.34. The minimum atomic E-state index is 0.368. The van der Waals surface area contributed by atoms with Crippen molar-refractivity contribution in [1.82, 2.24) is 5.32 Å². The number of hydrogen-bond acceptors (Lipinski definition) is 3. The Hall–Kier alpha value is -0.120. The molecule has 0 heterocycles. The molecule has 0 bridgehead atoms. The summed E-state index contributed by atoms with van der Waals surface area (Å²) in [7, 11) is 0. The van der Waals surface area contributed by atoms with Gasteiger partial charge in [0.05, 0.1) is 6.61 Å². The van der Waals surface area contributed by atoms with E-state index in [9.17, 15) is 0 Å². The molecule has 0 fully saturated rings. The van der Waals surface area contributed by atoms with Crippen LogP contribution in [-0.2, 0) is 4.74 Å². The fourth-order valence-corrected chi connectivity index (χ4v) is 1.11. The number of nitrogens with two attached hydrogens (primary N) is 1. The van der Waals surface area contributed by atoms with Gasteiger partial charge in [-0.25, -0.2) is 0 Å². The molecule has 80 valence electrons. The van der Waals surface area contributed by atoms with Gasteiger partial charge >= 0.3 is 0 Å². The third-order valence-corrected chi connectivity index (χ3v) is 2.16. The predicted molar refractivity (Wildman–Crippen MR) is 56.8 cm³/mol. The molecule has 0 aliphatic carbocycles. The van der Waals surface area contributed by atoms with Gasteiger partial charge in [0.25, 0.3) is 0 Å². The molecule has 2 atom stereocenters. The average molecular weight is 188 g/mol. The van der Waals surface area contributed by atoms with Crippen molar-refractivity contribution in [2.45, 2.75) is 39.8 Å². The Balaban J connectivity index is 3.79. The molecule has 0 spiro atoms. The molecule has 0 saturated carbocycles. The highest BCUT2D eigenvalue weighted by atomic mass is 16.5. The van der Waals surface area contributed by atoms with E-state index in [-0.39, 0.29) is 0 Å². The summed E-state index contributed by atoms with van der Waals surface area (Å²) >= 11 is 0. The number of rotatable bonds is 7. The molecule has 0 aromatic heterocycles. The van der Waals surface area contributed by atoms with Crippen molar-refractivity contribution in [1.29, 1.82) is 0 Å². The van der Waals surface area contributed by atoms with Gasteiger partial charge in [-0.15, -0.1) is 0 Å². The molecule has 3 N–H and O–H groups in total. The van der Waals surface area contributed by atoms with Crippen LogP contribution in [0.5, 0.6) is 0 Å². The number of ether oxygens (including phenoxy) is 1. The molecule has 0 rings (SSSR count). The summed E-state index contributed by atoms with van der Waals surface area (Å²) in [5.74, 6) is 0.584. The molecule has 0 aromatic carbocycles. The lowest BCUT2D eigenvalue weighted by Crippen LogP contribution is -2.46. The van der Waals surface area contributed by atoms with E-state index in [1.165, 1.54) is 0 Å². The lowest BCUT2D eigenvalue weighted by molar-refractivity contribution is 0.105. The van der Waals surface area contributed by atoms with Gasteiger partial charge in [-0.05, 0) is 19.8 Å². The molecule has 0 amide bonds. The first-order valence-corrected chi connectivity index (χ1v) is 5.15. The third kappa shape index (κ3) is 6.02. The quantitative estimate of drug-likeness (QED) is 0.626. The second kappa shape index (κ2) is 7.30. The van der Waals surface area contributed by atoms with Gasteiger partial charge in [0.15, 0.2) is 0 Å². The van der Waals surface area contributed by atoms with Crippen molar-refractivity contribution in [3.63, 3.8) is 0 Å². The van der Waals surface area contributed by atoms with Crippen molar-refractivity contribution in [3.8, 4) is 0 Å². The van der Waals surface area contributed by atoms with Crippen LogP contribution in [0, 0.1) is 5.92 Å². The van der Waals surface area contributed by atoms with Crippen LogP contribution >= 0.6 is 0 Å². The smallest absolute Gasteiger partial charge is 0.0622 e. The van der Waals surface area contributed by atoms with Gasteiger partial charge in [-0.1, -0.05) is 13.8 Å². The van der Waals surface area contributed by atoms with Gasteiger partial charge in [0.1, 0.15) is 0 Å². The highest BCUT2D eigenvalue weighted by molar-refractivity contribution is 4.74. The highest BCUT2D eigenvalue weighted by Gasteiger charge is 2.14. The van der Waals surface area contributed by atoms with E-state index in [0.717, 1.165) is 13.2 Å². The predicted octanol–water partition coefficient (Wildman–Crippen LogP) is 0.984. The summed E-state index contributed by atoms with van der Waals surface area (Å²) in [4.78, 5) is 0. The number of nitrogens with one attached hydrogen (secondary N) is 1. The third-order valence-electron chi connectivity index (χ3n) is 2.16. The lowest BCUT2D eigenvalue weighted by Gasteiger charge is -2.25. The maximum atomic E-state index is 5.55. The summed E-state index contributed by atoms with van der Waals surface area (Å²) in [6.45, 7) is 10.7. The van der Waals surface area contributed by atoms with Crippen LogP contribution in [0.3, 0.4) is 0 Å². The normalized spacial score (nSPS) is 16.2. The minimum absolute atomic E-state index is 0.368. The van der Waals surface area contributed by atoms with Gasteiger partial charge < -0.3 is 15.8 Å². The van der Waals surface area contributed by atoms with E-state index in [1.807, 2.05) is 6.92 Å². The average Bonchev–Trinajstić information content (AvgIpc) is 2.11. The Kier molecular flexibility index (Phi) is 7.23. The second-order valence-electron chi connectivity index (χ2n) is 3.81. The Labute approximate surface area is 82.0 Å². The Bertz CT molecular complexity index is 117. The van der Waals surface area contributed by atoms with Crippen molar-refractivity contribution >= 4 is 0 Å². The van der Waals surface area contributed by atoms with Crippen LogP contribution in [0.1, 0.15) is 27.7 Å². The standard InChI is InChI=1S/C10H24N2O/c1-5-13-7-10(8(2)3)12-9(4)6-11/h8-10,12H,5-7,11H2,1-4H3. The van der Waals surface area contributed by atoms with Crippen LogP contribution in [0.25, 0.3) is 0 Å². The van der Waals surface area contributed by atoms with E-state index in [2.05, 4.69) is 26.1 Å². The molecule has 0 radical (unpaired) electrons. The van der Waals surface area contributed by atoms with Crippen molar-refractivity contribution < 1.29 is 4.74 Å². The molecule has 2 unspecified atom stereocenters. The molecular formula is C10H24N2O. The summed E-state index contributed by atoms with van der Waals surface area (Å²) in [5, 5.41) is 3.45. The molecule has 13 heavy (non-hydrogen) atoms. The SMILES string of the molecule is CCOCC(NC(C)CN)C(C)C. The highest BCUT2D eigenvalue weighted by Crippen LogP contribution is 2.03. The van der Waals surface area contributed by atoms with Crippen molar-refractivity contribution in [3.05, 3.63) is 0 Å². The molecule has 0 aromatic rings. The lowest BCUT2D eigenvalue weighted by atomic mass is 10.0. The summed E-state index contributed by atoms with van der Waals surface area (Å²) in [5.41, 5.74) is 5.55. The largest absolute Gasteiger partial charge is 0.380 e. The Morgan fingerprint density at radius 2 is 1.92 bits per heavy atom. The maximum absolute atomic E-state index is 5.55. The summed E-state index contributed by atoms with van der Waals surface area (Å²) < 4.78 is 5.40. The minimum Gasteiger partial charge on any atom is -0.380 e. The molecular weight excluding hydrogens is 164 g/mol. The van der Waals surface area contributed by atoms with E-state index >= 15 is 0 Å².